The number of hydrogen-bond donors (Lipinski definition) is 1. The fraction of sp³-hybridized carbons (Fsp3) is 0.692. The third kappa shape index (κ3) is 3.22. The molecule has 2 rings (SSSR count). The molecule has 2 heterocycles. The molecule has 1 N–H and O–H groups in total. The third-order valence-corrected chi connectivity index (χ3v) is 5.32. The lowest BCUT2D eigenvalue weighted by atomic mass is 10.4. The minimum Gasteiger partial charge on any atom is -0.377 e. The first kappa shape index (κ1) is 15.5. The summed E-state index contributed by atoms with van der Waals surface area (Å²) in [6, 6.07) is 1.74. The van der Waals surface area contributed by atoms with Crippen LogP contribution in [0.5, 0.6) is 0 Å². The van der Waals surface area contributed by atoms with Crippen LogP contribution in [-0.2, 0) is 28.4 Å². The standard InChI is InChI=1S/C13H23N3O3S/c1-11-9-16(5-4-6-19-11)20(17,18)13-7-12(8-14-2)15(3)10-13/h7,10-11,14H,4-6,8-9H2,1-3H3. The van der Waals surface area contributed by atoms with Gasteiger partial charge in [-0.2, -0.15) is 4.31 Å². The van der Waals surface area contributed by atoms with E-state index in [0.29, 0.717) is 31.1 Å². The Morgan fingerprint density at radius 3 is 2.95 bits per heavy atom. The molecule has 1 unspecified atom stereocenters. The summed E-state index contributed by atoms with van der Waals surface area (Å²) >= 11 is 0. The predicted octanol–water partition coefficient (Wildman–Crippen LogP) is 0.544. The summed E-state index contributed by atoms with van der Waals surface area (Å²) < 4.78 is 34.3. The van der Waals surface area contributed by atoms with Gasteiger partial charge in [0.15, 0.2) is 0 Å². The molecular weight excluding hydrogens is 278 g/mol. The van der Waals surface area contributed by atoms with Gasteiger partial charge < -0.3 is 14.6 Å². The van der Waals surface area contributed by atoms with Crippen LogP contribution in [0.2, 0.25) is 0 Å². The molecule has 0 radical (unpaired) electrons. The average molecular weight is 301 g/mol. The van der Waals surface area contributed by atoms with Crippen LogP contribution in [-0.4, -0.2) is 50.1 Å². The zero-order valence-electron chi connectivity index (χ0n) is 12.3. The van der Waals surface area contributed by atoms with Crippen molar-refractivity contribution in [1.29, 1.82) is 0 Å². The lowest BCUT2D eigenvalue weighted by Crippen LogP contribution is -2.35. The maximum Gasteiger partial charge on any atom is 0.244 e. The smallest absolute Gasteiger partial charge is 0.244 e. The second kappa shape index (κ2) is 6.26. The highest BCUT2D eigenvalue weighted by Crippen LogP contribution is 2.21. The number of sulfonamides is 1. The predicted molar refractivity (Wildman–Crippen MR) is 77.0 cm³/mol. The van der Waals surface area contributed by atoms with Crippen LogP contribution in [0.4, 0.5) is 0 Å². The Labute approximate surface area is 120 Å². The van der Waals surface area contributed by atoms with Crippen LogP contribution in [0, 0.1) is 0 Å². The van der Waals surface area contributed by atoms with Crippen molar-refractivity contribution in [3.8, 4) is 0 Å². The van der Waals surface area contributed by atoms with Crippen molar-refractivity contribution in [1.82, 2.24) is 14.2 Å². The Hall–Kier alpha value is -0.890. The van der Waals surface area contributed by atoms with Crippen LogP contribution in [0.1, 0.15) is 19.0 Å². The Morgan fingerprint density at radius 2 is 2.25 bits per heavy atom. The van der Waals surface area contributed by atoms with Crippen LogP contribution in [0.15, 0.2) is 17.2 Å². The van der Waals surface area contributed by atoms with E-state index in [9.17, 15) is 8.42 Å². The first-order valence-corrected chi connectivity index (χ1v) is 8.30. The lowest BCUT2D eigenvalue weighted by molar-refractivity contribution is 0.0752. The van der Waals surface area contributed by atoms with Crippen LogP contribution in [0.25, 0.3) is 0 Å². The molecule has 0 aromatic carbocycles. The van der Waals surface area contributed by atoms with Crippen molar-refractivity contribution < 1.29 is 13.2 Å². The Balaban J connectivity index is 2.26. The normalized spacial score (nSPS) is 21.9. The van der Waals surface area contributed by atoms with Gasteiger partial charge >= 0.3 is 0 Å². The number of hydrogen-bond acceptors (Lipinski definition) is 4. The second-order valence-corrected chi connectivity index (χ2v) is 7.14. The summed E-state index contributed by atoms with van der Waals surface area (Å²) in [6.07, 6.45) is 2.35. The SMILES string of the molecule is CNCc1cc(S(=O)(=O)N2CCCOC(C)C2)cn1C. The summed E-state index contributed by atoms with van der Waals surface area (Å²) in [4.78, 5) is 0.361. The molecule has 0 saturated carbocycles. The van der Waals surface area contributed by atoms with Gasteiger partial charge in [-0.15, -0.1) is 0 Å². The van der Waals surface area contributed by atoms with Crippen molar-refractivity contribution >= 4 is 10.0 Å². The van der Waals surface area contributed by atoms with Gasteiger partial charge in [-0.25, -0.2) is 8.42 Å². The van der Waals surface area contributed by atoms with Gasteiger partial charge in [-0.1, -0.05) is 0 Å². The maximum absolute atomic E-state index is 12.7. The van der Waals surface area contributed by atoms with Gasteiger partial charge in [0.2, 0.25) is 10.0 Å². The largest absolute Gasteiger partial charge is 0.377 e. The highest BCUT2D eigenvalue weighted by Gasteiger charge is 2.29. The van der Waals surface area contributed by atoms with Crippen molar-refractivity contribution in [2.75, 3.05) is 26.7 Å². The average Bonchev–Trinajstić information content (AvgIpc) is 2.61. The topological polar surface area (TPSA) is 63.6 Å². The Morgan fingerprint density at radius 1 is 1.50 bits per heavy atom. The van der Waals surface area contributed by atoms with E-state index >= 15 is 0 Å². The molecule has 1 aliphatic rings. The minimum atomic E-state index is -3.43. The minimum absolute atomic E-state index is 0.0623. The Kier molecular flexibility index (Phi) is 4.85. The molecule has 0 amide bonds. The third-order valence-electron chi connectivity index (χ3n) is 3.49. The van der Waals surface area contributed by atoms with Crippen molar-refractivity contribution in [2.24, 2.45) is 7.05 Å². The molecule has 1 aromatic rings. The first-order valence-electron chi connectivity index (χ1n) is 6.86. The molecule has 6 nitrogen and oxygen atoms in total. The molecule has 1 aliphatic heterocycles. The molecule has 0 aliphatic carbocycles. The second-order valence-electron chi connectivity index (χ2n) is 5.21. The highest BCUT2D eigenvalue weighted by atomic mass is 32.2. The molecule has 1 fully saturated rings. The van der Waals surface area contributed by atoms with Crippen LogP contribution < -0.4 is 5.32 Å². The van der Waals surface area contributed by atoms with Crippen LogP contribution >= 0.6 is 0 Å². The van der Waals surface area contributed by atoms with Crippen molar-refractivity contribution in [3.05, 3.63) is 18.0 Å². The molecule has 1 atom stereocenters. The number of nitrogens with one attached hydrogen (secondary N) is 1. The van der Waals surface area contributed by atoms with E-state index < -0.39 is 10.0 Å². The van der Waals surface area contributed by atoms with Gasteiger partial charge in [0.25, 0.3) is 0 Å². The summed E-state index contributed by atoms with van der Waals surface area (Å²) in [6.45, 7) is 4.10. The summed E-state index contributed by atoms with van der Waals surface area (Å²) in [7, 11) is 0.270. The zero-order valence-corrected chi connectivity index (χ0v) is 13.1. The highest BCUT2D eigenvalue weighted by molar-refractivity contribution is 7.89. The molecule has 1 saturated heterocycles. The van der Waals surface area contributed by atoms with E-state index in [-0.39, 0.29) is 6.10 Å². The van der Waals surface area contributed by atoms with Crippen molar-refractivity contribution in [3.63, 3.8) is 0 Å². The van der Waals surface area contributed by atoms with Gasteiger partial charge in [0, 0.05) is 45.2 Å². The number of nitrogens with zero attached hydrogens (tertiary/aromatic N) is 2. The molecule has 7 heteroatoms. The van der Waals surface area contributed by atoms with E-state index in [0.717, 1.165) is 12.1 Å². The van der Waals surface area contributed by atoms with Crippen LogP contribution in [0.3, 0.4) is 0 Å². The fourth-order valence-electron chi connectivity index (χ4n) is 2.40. The number of aromatic nitrogens is 1. The molecule has 1 aromatic heterocycles. The number of ether oxygens (including phenoxy) is 1. The monoisotopic (exact) mass is 301 g/mol. The molecule has 114 valence electrons. The van der Waals surface area contributed by atoms with Gasteiger partial charge in [0.1, 0.15) is 4.90 Å². The van der Waals surface area contributed by atoms with E-state index in [1.54, 1.807) is 12.3 Å². The van der Waals surface area contributed by atoms with Crippen molar-refractivity contribution in [2.45, 2.75) is 30.9 Å². The zero-order chi connectivity index (χ0) is 14.8. The maximum atomic E-state index is 12.7. The van der Waals surface area contributed by atoms with E-state index in [2.05, 4.69) is 5.32 Å². The summed E-state index contributed by atoms with van der Waals surface area (Å²) in [5, 5.41) is 3.04. The van der Waals surface area contributed by atoms with E-state index in [1.807, 2.05) is 25.6 Å². The number of rotatable bonds is 4. The molecule has 0 spiro atoms. The molecule has 0 bridgehead atoms. The number of aryl methyl sites for hydroxylation is 1. The molecular formula is C13H23N3O3S. The summed E-state index contributed by atoms with van der Waals surface area (Å²) in [5.74, 6) is 0. The van der Waals surface area contributed by atoms with Gasteiger partial charge in [-0.3, -0.25) is 0 Å². The fourth-order valence-corrected chi connectivity index (χ4v) is 4.05. The molecule has 20 heavy (non-hydrogen) atoms. The quantitative estimate of drug-likeness (QED) is 0.882. The van der Waals surface area contributed by atoms with Gasteiger partial charge in [-0.05, 0) is 26.5 Å². The van der Waals surface area contributed by atoms with E-state index in [1.165, 1.54) is 4.31 Å². The van der Waals surface area contributed by atoms with Gasteiger partial charge in [0.05, 0.1) is 6.10 Å². The first-order chi connectivity index (χ1) is 9.45. The summed E-state index contributed by atoms with van der Waals surface area (Å²) in [5.41, 5.74) is 0.949. The van der Waals surface area contributed by atoms with E-state index in [4.69, 9.17) is 4.74 Å². The Bertz CT molecular complexity index is 553. The lowest BCUT2D eigenvalue weighted by Gasteiger charge is -2.20.